The van der Waals surface area contributed by atoms with Gasteiger partial charge in [-0.2, -0.15) is 0 Å². The van der Waals surface area contributed by atoms with E-state index in [1.807, 2.05) is 32.0 Å². The third-order valence-corrected chi connectivity index (χ3v) is 3.37. The average molecular weight is 260 g/mol. The van der Waals surface area contributed by atoms with E-state index in [2.05, 4.69) is 5.32 Å². The maximum absolute atomic E-state index is 12.0. The van der Waals surface area contributed by atoms with Crippen LogP contribution < -0.4 is 5.32 Å². The highest BCUT2D eigenvalue weighted by Gasteiger charge is 2.32. The third-order valence-electron chi connectivity index (χ3n) is 3.37. The highest BCUT2D eigenvalue weighted by molar-refractivity contribution is 5.95. The lowest BCUT2D eigenvalue weighted by Crippen LogP contribution is -2.38. The van der Waals surface area contributed by atoms with Crippen LogP contribution in [-0.2, 0) is 9.59 Å². The highest BCUT2D eigenvalue weighted by atomic mass is 16.2. The monoisotopic (exact) mass is 260 g/mol. The molecule has 1 fully saturated rings. The second kappa shape index (κ2) is 5.43. The van der Waals surface area contributed by atoms with E-state index in [1.54, 1.807) is 4.90 Å². The molecule has 0 radical (unpaired) electrons. The SMILES string of the molecule is CC(=O)N(CC(=O)Nc1cc(C)ccc1C)C1CC1. The van der Waals surface area contributed by atoms with Gasteiger partial charge < -0.3 is 10.2 Å². The van der Waals surface area contributed by atoms with Gasteiger partial charge in [-0.05, 0) is 43.9 Å². The molecular formula is C15H20N2O2. The van der Waals surface area contributed by atoms with Crippen molar-refractivity contribution in [2.75, 3.05) is 11.9 Å². The Kier molecular flexibility index (Phi) is 3.88. The van der Waals surface area contributed by atoms with Crippen molar-refractivity contribution in [3.63, 3.8) is 0 Å². The summed E-state index contributed by atoms with van der Waals surface area (Å²) in [7, 11) is 0. The molecule has 0 bridgehead atoms. The molecule has 0 aromatic heterocycles. The second-order valence-corrected chi connectivity index (χ2v) is 5.24. The fourth-order valence-corrected chi connectivity index (χ4v) is 2.10. The van der Waals surface area contributed by atoms with Gasteiger partial charge in [0.2, 0.25) is 11.8 Å². The van der Waals surface area contributed by atoms with Crippen molar-refractivity contribution in [3.05, 3.63) is 29.3 Å². The van der Waals surface area contributed by atoms with E-state index >= 15 is 0 Å². The minimum atomic E-state index is -0.129. The summed E-state index contributed by atoms with van der Waals surface area (Å²) in [6, 6.07) is 6.20. The first-order valence-electron chi connectivity index (χ1n) is 6.61. The van der Waals surface area contributed by atoms with Gasteiger partial charge in [-0.3, -0.25) is 9.59 Å². The van der Waals surface area contributed by atoms with E-state index in [0.717, 1.165) is 29.7 Å². The number of carbonyl (C=O) groups is 2. The molecule has 19 heavy (non-hydrogen) atoms. The minimum Gasteiger partial charge on any atom is -0.331 e. The van der Waals surface area contributed by atoms with Gasteiger partial charge in [-0.1, -0.05) is 12.1 Å². The van der Waals surface area contributed by atoms with Crippen LogP contribution in [0, 0.1) is 13.8 Å². The van der Waals surface area contributed by atoms with Crippen LogP contribution in [0.3, 0.4) is 0 Å². The molecule has 1 aromatic rings. The Labute approximate surface area is 113 Å². The lowest BCUT2D eigenvalue weighted by molar-refractivity contribution is -0.133. The topological polar surface area (TPSA) is 49.4 Å². The number of hydrogen-bond acceptors (Lipinski definition) is 2. The van der Waals surface area contributed by atoms with E-state index in [-0.39, 0.29) is 24.4 Å². The van der Waals surface area contributed by atoms with E-state index in [4.69, 9.17) is 0 Å². The average Bonchev–Trinajstić information content (AvgIpc) is 3.14. The Balaban J connectivity index is 2.00. The van der Waals surface area contributed by atoms with Crippen molar-refractivity contribution in [1.82, 2.24) is 4.90 Å². The molecule has 0 aliphatic heterocycles. The molecule has 0 unspecified atom stereocenters. The zero-order valence-electron chi connectivity index (χ0n) is 11.7. The summed E-state index contributed by atoms with van der Waals surface area (Å²) in [6.45, 7) is 5.61. The molecule has 1 aliphatic rings. The predicted molar refractivity (Wildman–Crippen MR) is 75.0 cm³/mol. The number of anilines is 1. The van der Waals surface area contributed by atoms with Crippen LogP contribution in [-0.4, -0.2) is 29.3 Å². The Morgan fingerprint density at radius 1 is 1.32 bits per heavy atom. The molecule has 0 atom stereocenters. The van der Waals surface area contributed by atoms with Crippen molar-refractivity contribution in [2.24, 2.45) is 0 Å². The number of nitrogens with zero attached hydrogens (tertiary/aromatic N) is 1. The van der Waals surface area contributed by atoms with Crippen molar-refractivity contribution >= 4 is 17.5 Å². The largest absolute Gasteiger partial charge is 0.331 e. The Morgan fingerprint density at radius 3 is 2.58 bits per heavy atom. The smallest absolute Gasteiger partial charge is 0.244 e. The van der Waals surface area contributed by atoms with Crippen LogP contribution in [0.1, 0.15) is 30.9 Å². The first-order valence-corrected chi connectivity index (χ1v) is 6.61. The van der Waals surface area contributed by atoms with E-state index in [9.17, 15) is 9.59 Å². The summed E-state index contributed by atoms with van der Waals surface area (Å²) in [5.74, 6) is -0.158. The molecule has 2 amide bonds. The maximum Gasteiger partial charge on any atom is 0.244 e. The first-order chi connectivity index (χ1) is 8.97. The van der Waals surface area contributed by atoms with Gasteiger partial charge >= 0.3 is 0 Å². The standard InChI is InChI=1S/C15H20N2O2/c1-10-4-5-11(2)14(8-10)16-15(19)9-17(12(3)18)13-6-7-13/h4-5,8,13H,6-7,9H2,1-3H3,(H,16,19). The normalized spacial score (nSPS) is 14.1. The maximum atomic E-state index is 12.0. The molecule has 1 aliphatic carbocycles. The molecular weight excluding hydrogens is 240 g/mol. The van der Waals surface area contributed by atoms with Crippen molar-refractivity contribution in [3.8, 4) is 0 Å². The summed E-state index contributed by atoms with van der Waals surface area (Å²) in [4.78, 5) is 25.2. The summed E-state index contributed by atoms with van der Waals surface area (Å²) >= 11 is 0. The fraction of sp³-hybridized carbons (Fsp3) is 0.467. The molecule has 0 saturated heterocycles. The Morgan fingerprint density at radius 2 is 2.00 bits per heavy atom. The molecule has 102 valence electrons. The van der Waals surface area contributed by atoms with Gasteiger partial charge in [0.05, 0.1) is 0 Å². The summed E-state index contributed by atoms with van der Waals surface area (Å²) in [5.41, 5.74) is 2.95. The zero-order chi connectivity index (χ0) is 14.0. The van der Waals surface area contributed by atoms with Crippen LogP contribution in [0.25, 0.3) is 0 Å². The van der Waals surface area contributed by atoms with Crippen molar-refractivity contribution < 1.29 is 9.59 Å². The summed E-state index contributed by atoms with van der Waals surface area (Å²) in [6.07, 6.45) is 2.02. The van der Waals surface area contributed by atoms with Crippen LogP contribution in [0.5, 0.6) is 0 Å². The number of aryl methyl sites for hydroxylation is 2. The number of rotatable bonds is 4. The third kappa shape index (κ3) is 3.56. The Bertz CT molecular complexity index is 507. The van der Waals surface area contributed by atoms with Crippen LogP contribution in [0.15, 0.2) is 18.2 Å². The predicted octanol–water partition coefficient (Wildman–Crippen LogP) is 2.25. The molecule has 1 N–H and O–H groups in total. The van der Waals surface area contributed by atoms with E-state index in [0.29, 0.717) is 0 Å². The first kappa shape index (κ1) is 13.6. The van der Waals surface area contributed by atoms with Crippen LogP contribution in [0.2, 0.25) is 0 Å². The second-order valence-electron chi connectivity index (χ2n) is 5.24. The lowest BCUT2D eigenvalue weighted by atomic mass is 10.1. The van der Waals surface area contributed by atoms with Crippen molar-refractivity contribution in [1.29, 1.82) is 0 Å². The molecule has 4 nitrogen and oxygen atoms in total. The molecule has 1 saturated carbocycles. The van der Waals surface area contributed by atoms with Gasteiger partial charge in [-0.25, -0.2) is 0 Å². The number of amides is 2. The molecule has 1 aromatic carbocycles. The number of hydrogen-bond donors (Lipinski definition) is 1. The van der Waals surface area contributed by atoms with Crippen LogP contribution >= 0.6 is 0 Å². The number of carbonyl (C=O) groups excluding carboxylic acids is 2. The van der Waals surface area contributed by atoms with Gasteiger partial charge in [0.15, 0.2) is 0 Å². The fourth-order valence-electron chi connectivity index (χ4n) is 2.10. The summed E-state index contributed by atoms with van der Waals surface area (Å²) < 4.78 is 0. The molecule has 0 heterocycles. The molecule has 0 spiro atoms. The van der Waals surface area contributed by atoms with E-state index in [1.165, 1.54) is 6.92 Å². The van der Waals surface area contributed by atoms with E-state index < -0.39 is 0 Å². The zero-order valence-corrected chi connectivity index (χ0v) is 11.7. The van der Waals surface area contributed by atoms with Gasteiger partial charge in [-0.15, -0.1) is 0 Å². The van der Waals surface area contributed by atoms with Gasteiger partial charge in [0, 0.05) is 18.7 Å². The van der Waals surface area contributed by atoms with Gasteiger partial charge in [0.1, 0.15) is 6.54 Å². The minimum absolute atomic E-state index is 0.0291. The highest BCUT2D eigenvalue weighted by Crippen LogP contribution is 2.26. The van der Waals surface area contributed by atoms with Gasteiger partial charge in [0.25, 0.3) is 0 Å². The number of nitrogens with one attached hydrogen (secondary N) is 1. The quantitative estimate of drug-likeness (QED) is 0.902. The van der Waals surface area contributed by atoms with Crippen LogP contribution in [0.4, 0.5) is 5.69 Å². The summed E-state index contributed by atoms with van der Waals surface area (Å²) in [5, 5.41) is 2.89. The molecule has 2 rings (SSSR count). The lowest BCUT2D eigenvalue weighted by Gasteiger charge is -2.20. The number of benzene rings is 1. The Hall–Kier alpha value is -1.84. The van der Waals surface area contributed by atoms with Crippen molar-refractivity contribution in [2.45, 2.75) is 39.7 Å². The molecule has 4 heteroatoms.